The summed E-state index contributed by atoms with van der Waals surface area (Å²) in [6.45, 7) is 0.424. The highest BCUT2D eigenvalue weighted by Crippen LogP contribution is 2.43. The van der Waals surface area contributed by atoms with E-state index in [4.69, 9.17) is 0 Å². The first-order chi connectivity index (χ1) is 6.69. The van der Waals surface area contributed by atoms with Gasteiger partial charge in [0.25, 0.3) is 5.91 Å². The maximum atomic E-state index is 11.7. The molecule has 0 unspecified atom stereocenters. The van der Waals surface area contributed by atoms with Crippen LogP contribution in [0.15, 0.2) is 4.99 Å². The standard InChI is InChI=1S/C9H13N3O2/c1-10-5-6-11-7(13)9(3-2-4-9)8(14)12-6/h10H,2-5H2,1H3,(H,11,12,13,14). The molecule has 0 saturated heterocycles. The lowest BCUT2D eigenvalue weighted by Crippen LogP contribution is -2.57. The van der Waals surface area contributed by atoms with Gasteiger partial charge in [-0.25, -0.2) is 0 Å². The number of amides is 2. The molecule has 14 heavy (non-hydrogen) atoms. The summed E-state index contributed by atoms with van der Waals surface area (Å²) in [6.07, 6.45) is 2.23. The van der Waals surface area contributed by atoms with Crippen molar-refractivity contribution in [2.45, 2.75) is 19.3 Å². The number of nitrogens with zero attached hydrogens (tertiary/aromatic N) is 1. The van der Waals surface area contributed by atoms with Crippen molar-refractivity contribution in [2.24, 2.45) is 10.4 Å². The first kappa shape index (κ1) is 9.33. The zero-order valence-corrected chi connectivity index (χ0v) is 8.09. The third-order valence-electron chi connectivity index (χ3n) is 2.89. The minimum absolute atomic E-state index is 0.172. The molecular formula is C9H13N3O2. The van der Waals surface area contributed by atoms with Crippen LogP contribution >= 0.6 is 0 Å². The van der Waals surface area contributed by atoms with Crippen LogP contribution in [0.3, 0.4) is 0 Å². The molecule has 0 atom stereocenters. The summed E-state index contributed by atoms with van der Waals surface area (Å²) >= 11 is 0. The molecule has 0 aromatic carbocycles. The van der Waals surface area contributed by atoms with Gasteiger partial charge in [-0.1, -0.05) is 6.42 Å². The third kappa shape index (κ3) is 1.16. The van der Waals surface area contributed by atoms with Gasteiger partial charge in [-0.05, 0) is 19.9 Å². The molecule has 0 radical (unpaired) electrons. The predicted molar refractivity (Wildman–Crippen MR) is 50.8 cm³/mol. The number of hydrogen-bond acceptors (Lipinski definition) is 3. The van der Waals surface area contributed by atoms with Gasteiger partial charge < -0.3 is 10.6 Å². The Balaban J connectivity index is 2.21. The van der Waals surface area contributed by atoms with E-state index in [9.17, 15) is 9.59 Å². The number of rotatable bonds is 2. The first-order valence-electron chi connectivity index (χ1n) is 4.77. The van der Waals surface area contributed by atoms with Gasteiger partial charge in [0.2, 0.25) is 5.91 Å². The monoisotopic (exact) mass is 195 g/mol. The second-order valence-electron chi connectivity index (χ2n) is 3.78. The van der Waals surface area contributed by atoms with Gasteiger partial charge >= 0.3 is 0 Å². The Bertz CT molecular complexity index is 318. The molecule has 0 aromatic heterocycles. The van der Waals surface area contributed by atoms with E-state index < -0.39 is 5.41 Å². The van der Waals surface area contributed by atoms with Gasteiger partial charge in [0.1, 0.15) is 11.3 Å². The average Bonchev–Trinajstić information content (AvgIpc) is 2.00. The van der Waals surface area contributed by atoms with Crippen molar-refractivity contribution in [3.05, 3.63) is 0 Å². The lowest BCUT2D eigenvalue weighted by Gasteiger charge is -2.39. The molecule has 0 bridgehead atoms. The number of carbonyl (C=O) groups excluding carboxylic acids is 2. The topological polar surface area (TPSA) is 70.6 Å². The van der Waals surface area contributed by atoms with E-state index in [2.05, 4.69) is 15.6 Å². The van der Waals surface area contributed by atoms with E-state index in [0.29, 0.717) is 25.2 Å². The van der Waals surface area contributed by atoms with Gasteiger partial charge in [-0.2, -0.15) is 4.99 Å². The van der Waals surface area contributed by atoms with Crippen LogP contribution in [0.2, 0.25) is 0 Å². The second kappa shape index (κ2) is 3.16. The second-order valence-corrected chi connectivity index (χ2v) is 3.78. The van der Waals surface area contributed by atoms with Gasteiger partial charge in [0.15, 0.2) is 0 Å². The van der Waals surface area contributed by atoms with Crippen molar-refractivity contribution in [3.63, 3.8) is 0 Å². The zero-order chi connectivity index (χ0) is 10.2. The predicted octanol–water partition coefficient (Wildman–Crippen LogP) is -0.569. The zero-order valence-electron chi connectivity index (χ0n) is 8.09. The summed E-state index contributed by atoms with van der Waals surface area (Å²) < 4.78 is 0. The van der Waals surface area contributed by atoms with Crippen LogP contribution in [-0.4, -0.2) is 31.2 Å². The van der Waals surface area contributed by atoms with Gasteiger partial charge in [-0.3, -0.25) is 9.59 Å². The summed E-state index contributed by atoms with van der Waals surface area (Å²) in [5.41, 5.74) is -0.808. The molecule has 1 fully saturated rings. The normalized spacial score (nSPS) is 24.2. The maximum Gasteiger partial charge on any atom is 0.263 e. The van der Waals surface area contributed by atoms with Crippen LogP contribution < -0.4 is 10.6 Å². The highest BCUT2D eigenvalue weighted by Gasteiger charge is 2.52. The van der Waals surface area contributed by atoms with Crippen molar-refractivity contribution in [1.82, 2.24) is 10.6 Å². The van der Waals surface area contributed by atoms with Crippen LogP contribution in [0.25, 0.3) is 0 Å². The van der Waals surface area contributed by atoms with Crippen LogP contribution in [0.5, 0.6) is 0 Å². The molecule has 2 rings (SSSR count). The number of nitrogens with one attached hydrogen (secondary N) is 2. The minimum atomic E-state index is -0.808. The largest absolute Gasteiger partial charge is 0.313 e. The summed E-state index contributed by atoms with van der Waals surface area (Å²) in [6, 6.07) is 0. The van der Waals surface area contributed by atoms with Crippen LogP contribution in [0, 0.1) is 5.41 Å². The lowest BCUT2D eigenvalue weighted by atomic mass is 9.67. The smallest absolute Gasteiger partial charge is 0.263 e. The fourth-order valence-electron chi connectivity index (χ4n) is 1.83. The van der Waals surface area contributed by atoms with Gasteiger partial charge in [-0.15, -0.1) is 0 Å². The lowest BCUT2D eigenvalue weighted by molar-refractivity contribution is -0.147. The van der Waals surface area contributed by atoms with E-state index in [1.807, 2.05) is 0 Å². The average molecular weight is 195 g/mol. The van der Waals surface area contributed by atoms with Crippen molar-refractivity contribution in [2.75, 3.05) is 13.6 Å². The fraction of sp³-hybridized carbons (Fsp3) is 0.667. The summed E-state index contributed by atoms with van der Waals surface area (Å²) in [7, 11) is 1.74. The first-order valence-corrected chi connectivity index (χ1v) is 4.77. The van der Waals surface area contributed by atoms with Crippen molar-refractivity contribution >= 4 is 17.6 Å². The number of carbonyl (C=O) groups is 2. The Kier molecular flexibility index (Phi) is 2.11. The minimum Gasteiger partial charge on any atom is -0.313 e. The summed E-state index contributed by atoms with van der Waals surface area (Å²) in [5, 5.41) is 5.51. The van der Waals surface area contributed by atoms with E-state index >= 15 is 0 Å². The van der Waals surface area contributed by atoms with Crippen LogP contribution in [0.4, 0.5) is 0 Å². The fourth-order valence-corrected chi connectivity index (χ4v) is 1.83. The summed E-state index contributed by atoms with van der Waals surface area (Å²) in [4.78, 5) is 27.2. The number of hydrogen-bond donors (Lipinski definition) is 2. The molecule has 76 valence electrons. The Labute approximate surface area is 82.0 Å². The molecule has 1 saturated carbocycles. The number of amidine groups is 1. The molecule has 1 aliphatic heterocycles. The highest BCUT2D eigenvalue weighted by molar-refractivity contribution is 6.19. The Hall–Kier alpha value is -1.23. The maximum absolute atomic E-state index is 11.7. The molecule has 2 N–H and O–H groups in total. The molecule has 5 heteroatoms. The van der Waals surface area contributed by atoms with Crippen molar-refractivity contribution < 1.29 is 9.59 Å². The van der Waals surface area contributed by atoms with Crippen molar-refractivity contribution in [3.8, 4) is 0 Å². The molecule has 1 heterocycles. The van der Waals surface area contributed by atoms with Crippen molar-refractivity contribution in [1.29, 1.82) is 0 Å². The molecule has 2 amide bonds. The molecule has 1 aliphatic carbocycles. The molecule has 5 nitrogen and oxygen atoms in total. The number of likely N-dealkylation sites (N-methyl/N-ethyl adjacent to an activating group) is 1. The molecule has 2 aliphatic rings. The molecule has 0 aromatic rings. The SMILES string of the molecule is CNCC1=NC(=O)C2(CCC2)C(=O)N1. The quantitative estimate of drug-likeness (QED) is 0.580. The Morgan fingerprint density at radius 1 is 1.50 bits per heavy atom. The van der Waals surface area contributed by atoms with Gasteiger partial charge in [0, 0.05) is 0 Å². The number of aliphatic imine (C=N–C) groups is 1. The van der Waals surface area contributed by atoms with E-state index in [0.717, 1.165) is 6.42 Å². The van der Waals surface area contributed by atoms with E-state index in [-0.39, 0.29) is 11.8 Å². The summed E-state index contributed by atoms with van der Waals surface area (Å²) in [5.74, 6) is -0.00762. The Morgan fingerprint density at radius 2 is 2.21 bits per heavy atom. The van der Waals surface area contributed by atoms with Crippen LogP contribution in [0.1, 0.15) is 19.3 Å². The van der Waals surface area contributed by atoms with Gasteiger partial charge in [0.05, 0.1) is 6.54 Å². The van der Waals surface area contributed by atoms with E-state index in [1.54, 1.807) is 7.05 Å². The Morgan fingerprint density at radius 3 is 2.64 bits per heavy atom. The third-order valence-corrected chi connectivity index (χ3v) is 2.89. The molecular weight excluding hydrogens is 182 g/mol. The van der Waals surface area contributed by atoms with E-state index in [1.165, 1.54) is 0 Å². The van der Waals surface area contributed by atoms with Crippen LogP contribution in [-0.2, 0) is 9.59 Å². The highest BCUT2D eigenvalue weighted by atomic mass is 16.2. The molecule has 1 spiro atoms.